The molecule has 0 saturated carbocycles. The average molecular weight is 505 g/mol. The fourth-order valence-corrected chi connectivity index (χ4v) is 5.00. The van der Waals surface area contributed by atoms with E-state index in [9.17, 15) is 14.0 Å². The maximum Gasteiger partial charge on any atom is 0.410 e. The Morgan fingerprint density at radius 2 is 1.84 bits per heavy atom. The first kappa shape index (κ1) is 24.7. The molecular weight excluding hydrogens is 475 g/mol. The number of ketones is 1. The molecule has 1 fully saturated rings. The van der Waals surface area contributed by atoms with Crippen molar-refractivity contribution in [1.29, 1.82) is 0 Å². The fraction of sp³-hybridized carbons (Fsp3) is 0.357. The van der Waals surface area contributed by atoms with E-state index >= 15 is 0 Å². The average Bonchev–Trinajstić information content (AvgIpc) is 3.28. The van der Waals surface area contributed by atoms with Gasteiger partial charge in [-0.2, -0.15) is 5.10 Å². The SMILES string of the molecule is COc1ccc(C(=O)C23Cc4cnn(-c5ccc(F)cc5)c4C=C2CCN(C(=O)OC(C)(C)C)C3)nc1. The van der Waals surface area contributed by atoms with E-state index in [1.165, 1.54) is 18.3 Å². The van der Waals surface area contributed by atoms with Crippen LogP contribution in [-0.4, -0.2) is 57.3 Å². The minimum Gasteiger partial charge on any atom is -0.495 e. The Kier molecular flexibility index (Phi) is 6.09. The maximum absolute atomic E-state index is 14.1. The van der Waals surface area contributed by atoms with Gasteiger partial charge in [-0.1, -0.05) is 5.57 Å². The molecule has 0 N–H and O–H groups in total. The summed E-state index contributed by atoms with van der Waals surface area (Å²) in [5.41, 5.74) is 1.97. The minimum absolute atomic E-state index is 0.168. The standard InChI is InChI=1S/C28H29FN4O4/c1-27(2,3)37-26(35)32-12-11-19-13-24-18(15-31-33(24)21-7-5-20(29)6-8-21)14-28(19,17-32)25(34)23-10-9-22(36-4)16-30-23/h5-10,13,15-16H,11-12,14,17H2,1-4H3. The number of amides is 1. The van der Waals surface area contributed by atoms with Crippen LogP contribution in [0.15, 0.2) is 54.4 Å². The first-order valence-corrected chi connectivity index (χ1v) is 12.2. The summed E-state index contributed by atoms with van der Waals surface area (Å²) in [6.45, 7) is 6.05. The van der Waals surface area contributed by atoms with Crippen molar-refractivity contribution in [2.24, 2.45) is 5.41 Å². The number of piperidine rings is 1. The number of nitrogens with zero attached hydrogens (tertiary/aromatic N) is 4. The smallest absolute Gasteiger partial charge is 0.410 e. The van der Waals surface area contributed by atoms with Gasteiger partial charge < -0.3 is 14.4 Å². The number of carbonyl (C=O) groups excluding carboxylic acids is 2. The Balaban J connectivity index is 1.56. The number of rotatable bonds is 4. The molecular formula is C28H29FN4O4. The van der Waals surface area contributed by atoms with Crippen LogP contribution in [-0.2, 0) is 11.2 Å². The molecule has 1 amide bonds. The summed E-state index contributed by atoms with van der Waals surface area (Å²) in [7, 11) is 1.54. The van der Waals surface area contributed by atoms with Gasteiger partial charge in [0.1, 0.15) is 22.9 Å². The van der Waals surface area contributed by atoms with Crippen LogP contribution < -0.4 is 4.74 Å². The van der Waals surface area contributed by atoms with Crippen molar-refractivity contribution >= 4 is 18.0 Å². The summed E-state index contributed by atoms with van der Waals surface area (Å²) in [4.78, 5) is 33.1. The molecule has 0 bridgehead atoms. The Morgan fingerprint density at radius 3 is 2.49 bits per heavy atom. The molecule has 1 unspecified atom stereocenters. The van der Waals surface area contributed by atoms with Crippen molar-refractivity contribution in [3.05, 3.63) is 77.1 Å². The minimum atomic E-state index is -1.01. The molecule has 9 heteroatoms. The van der Waals surface area contributed by atoms with Gasteiger partial charge in [-0.15, -0.1) is 0 Å². The van der Waals surface area contributed by atoms with Crippen LogP contribution in [0.1, 0.15) is 48.9 Å². The van der Waals surface area contributed by atoms with Crippen LogP contribution >= 0.6 is 0 Å². The van der Waals surface area contributed by atoms with E-state index in [1.807, 2.05) is 26.8 Å². The number of halogens is 1. The summed E-state index contributed by atoms with van der Waals surface area (Å²) >= 11 is 0. The normalized spacial score (nSPS) is 18.9. The van der Waals surface area contributed by atoms with Crippen molar-refractivity contribution in [2.75, 3.05) is 20.2 Å². The van der Waals surface area contributed by atoms with Crippen LogP contribution in [0.4, 0.5) is 9.18 Å². The monoisotopic (exact) mass is 504 g/mol. The molecule has 1 aliphatic carbocycles. The van der Waals surface area contributed by atoms with Gasteiger partial charge in [0.25, 0.3) is 0 Å². The molecule has 3 heterocycles. The molecule has 37 heavy (non-hydrogen) atoms. The number of likely N-dealkylation sites (tertiary alicyclic amines) is 1. The predicted molar refractivity (Wildman–Crippen MR) is 135 cm³/mol. The second-order valence-corrected chi connectivity index (χ2v) is 10.4. The molecule has 0 spiro atoms. The molecule has 5 rings (SSSR count). The van der Waals surface area contributed by atoms with E-state index in [-0.39, 0.29) is 18.1 Å². The zero-order valence-electron chi connectivity index (χ0n) is 21.3. The number of pyridine rings is 1. The highest BCUT2D eigenvalue weighted by molar-refractivity contribution is 6.03. The zero-order valence-corrected chi connectivity index (χ0v) is 21.3. The van der Waals surface area contributed by atoms with Gasteiger partial charge in [-0.25, -0.2) is 18.9 Å². The molecule has 0 radical (unpaired) electrons. The Bertz CT molecular complexity index is 1370. The van der Waals surface area contributed by atoms with Gasteiger partial charge in [0, 0.05) is 13.1 Å². The third-order valence-corrected chi connectivity index (χ3v) is 6.78. The van der Waals surface area contributed by atoms with Crippen LogP contribution in [0.3, 0.4) is 0 Å². The first-order chi connectivity index (χ1) is 17.6. The summed E-state index contributed by atoms with van der Waals surface area (Å²) < 4.78 is 26.1. The molecule has 3 aromatic rings. The molecule has 1 atom stereocenters. The molecule has 192 valence electrons. The second kappa shape index (κ2) is 9.14. The number of Topliss-reactive ketones (excluding diaryl/α,β-unsaturated/α-hetero) is 1. The second-order valence-electron chi connectivity index (χ2n) is 10.4. The topological polar surface area (TPSA) is 86.6 Å². The van der Waals surface area contributed by atoms with E-state index in [0.717, 1.165) is 22.5 Å². The van der Waals surface area contributed by atoms with E-state index in [4.69, 9.17) is 9.47 Å². The number of ether oxygens (including phenoxy) is 2. The summed E-state index contributed by atoms with van der Waals surface area (Å²) in [5, 5.41) is 4.55. The first-order valence-electron chi connectivity index (χ1n) is 12.2. The van der Waals surface area contributed by atoms with Crippen molar-refractivity contribution in [2.45, 2.75) is 39.2 Å². The lowest BCUT2D eigenvalue weighted by atomic mass is 9.65. The fourth-order valence-electron chi connectivity index (χ4n) is 5.00. The van der Waals surface area contributed by atoms with Gasteiger partial charge in [-0.05, 0) is 81.7 Å². The number of carbonyl (C=O) groups is 2. The molecule has 1 saturated heterocycles. The van der Waals surface area contributed by atoms with Gasteiger partial charge >= 0.3 is 6.09 Å². The third kappa shape index (κ3) is 4.61. The number of methoxy groups -OCH3 is 1. The highest BCUT2D eigenvalue weighted by atomic mass is 19.1. The quantitative estimate of drug-likeness (QED) is 0.472. The molecule has 1 aromatic carbocycles. The van der Waals surface area contributed by atoms with Crippen LogP contribution in [0.5, 0.6) is 5.75 Å². The van der Waals surface area contributed by atoms with E-state index in [0.29, 0.717) is 30.8 Å². The lowest BCUT2D eigenvalue weighted by Crippen LogP contribution is -2.54. The van der Waals surface area contributed by atoms with Crippen molar-refractivity contribution in [1.82, 2.24) is 19.7 Å². The zero-order chi connectivity index (χ0) is 26.4. The number of hydrogen-bond donors (Lipinski definition) is 0. The highest BCUT2D eigenvalue weighted by Gasteiger charge is 2.50. The van der Waals surface area contributed by atoms with Gasteiger partial charge in [0.15, 0.2) is 5.78 Å². The lowest BCUT2D eigenvalue weighted by molar-refractivity contribution is 0.0138. The summed E-state index contributed by atoms with van der Waals surface area (Å²) in [6.07, 6.45) is 5.63. The van der Waals surface area contributed by atoms with E-state index in [1.54, 1.807) is 47.2 Å². The van der Waals surface area contributed by atoms with E-state index in [2.05, 4.69) is 10.1 Å². The van der Waals surface area contributed by atoms with Crippen molar-refractivity contribution in [3.63, 3.8) is 0 Å². The molecule has 1 aliphatic heterocycles. The summed E-state index contributed by atoms with van der Waals surface area (Å²) in [6, 6.07) is 9.47. The third-order valence-electron chi connectivity index (χ3n) is 6.78. The van der Waals surface area contributed by atoms with Gasteiger partial charge in [-0.3, -0.25) is 4.79 Å². The number of aromatic nitrogens is 3. The number of fused-ring (bicyclic) bond motifs is 2. The van der Waals surface area contributed by atoms with Crippen LogP contribution in [0, 0.1) is 11.2 Å². The lowest BCUT2D eigenvalue weighted by Gasteiger charge is -2.45. The Hall–Kier alpha value is -4.01. The maximum atomic E-state index is 14.1. The number of benzene rings is 1. The Labute approximate surface area is 214 Å². The largest absolute Gasteiger partial charge is 0.495 e. The molecule has 2 aromatic heterocycles. The highest BCUT2D eigenvalue weighted by Crippen LogP contribution is 2.46. The van der Waals surface area contributed by atoms with E-state index < -0.39 is 17.1 Å². The number of hydrogen-bond acceptors (Lipinski definition) is 6. The Morgan fingerprint density at radius 1 is 1.08 bits per heavy atom. The van der Waals surface area contributed by atoms with Gasteiger partial charge in [0.2, 0.25) is 0 Å². The molecule has 8 nitrogen and oxygen atoms in total. The predicted octanol–water partition coefficient (Wildman–Crippen LogP) is 4.86. The van der Waals surface area contributed by atoms with Crippen molar-refractivity contribution < 1.29 is 23.5 Å². The summed E-state index contributed by atoms with van der Waals surface area (Å²) in [5.74, 6) is 0.0550. The van der Waals surface area contributed by atoms with Crippen LogP contribution in [0.25, 0.3) is 11.8 Å². The van der Waals surface area contributed by atoms with Crippen LogP contribution in [0.2, 0.25) is 0 Å². The van der Waals surface area contributed by atoms with Gasteiger partial charge in [0.05, 0.1) is 36.3 Å². The van der Waals surface area contributed by atoms with Crippen molar-refractivity contribution in [3.8, 4) is 11.4 Å². The molecule has 2 aliphatic rings.